The van der Waals surface area contributed by atoms with Gasteiger partial charge in [-0.3, -0.25) is 4.79 Å². The van der Waals surface area contributed by atoms with Crippen LogP contribution in [0.3, 0.4) is 0 Å². The van der Waals surface area contributed by atoms with Gasteiger partial charge in [0.1, 0.15) is 0 Å². The van der Waals surface area contributed by atoms with E-state index in [1.807, 2.05) is 7.05 Å². The molecule has 0 heterocycles. The van der Waals surface area contributed by atoms with E-state index in [1.165, 1.54) is 0 Å². The summed E-state index contributed by atoms with van der Waals surface area (Å²) in [7, 11) is 1.88. The Morgan fingerprint density at radius 1 is 1.31 bits per heavy atom. The number of nitrogens with one attached hydrogen (secondary N) is 2. The molecule has 16 heavy (non-hydrogen) atoms. The molecule has 0 aromatic rings. The second-order valence-corrected chi connectivity index (χ2v) is 5.52. The first kappa shape index (κ1) is 15.4. The maximum atomic E-state index is 11.9. The summed E-state index contributed by atoms with van der Waals surface area (Å²) in [6, 6.07) is 0. The number of hydrogen-bond donors (Lipinski definition) is 2. The van der Waals surface area contributed by atoms with Crippen molar-refractivity contribution in [3.05, 3.63) is 0 Å². The van der Waals surface area contributed by atoms with Crippen molar-refractivity contribution in [3.8, 4) is 0 Å². The minimum Gasteiger partial charge on any atom is -0.355 e. The van der Waals surface area contributed by atoms with Gasteiger partial charge in [0.05, 0.1) is 5.92 Å². The highest BCUT2D eigenvalue weighted by atomic mass is 16.1. The van der Waals surface area contributed by atoms with Gasteiger partial charge in [-0.1, -0.05) is 34.6 Å². The van der Waals surface area contributed by atoms with Crippen LogP contribution in [0.2, 0.25) is 0 Å². The first-order chi connectivity index (χ1) is 7.35. The third-order valence-electron chi connectivity index (χ3n) is 3.60. The molecule has 0 saturated carbocycles. The molecule has 0 aliphatic heterocycles. The molecule has 0 aliphatic carbocycles. The fraction of sp³-hybridized carbons (Fsp3) is 0.923. The zero-order valence-corrected chi connectivity index (χ0v) is 11.7. The van der Waals surface area contributed by atoms with Crippen LogP contribution < -0.4 is 10.6 Å². The van der Waals surface area contributed by atoms with Crippen LogP contribution in [0.25, 0.3) is 0 Å². The van der Waals surface area contributed by atoms with E-state index in [2.05, 4.69) is 45.3 Å². The molecule has 0 rings (SSSR count). The quantitative estimate of drug-likeness (QED) is 0.700. The van der Waals surface area contributed by atoms with Crippen LogP contribution in [0.4, 0.5) is 0 Å². The Hall–Kier alpha value is -0.570. The molecule has 96 valence electrons. The topological polar surface area (TPSA) is 41.1 Å². The van der Waals surface area contributed by atoms with Crippen LogP contribution in [0.15, 0.2) is 0 Å². The molecule has 1 amide bonds. The molecule has 0 radical (unpaired) electrons. The van der Waals surface area contributed by atoms with Gasteiger partial charge in [0.15, 0.2) is 0 Å². The van der Waals surface area contributed by atoms with Crippen LogP contribution in [0, 0.1) is 17.3 Å². The van der Waals surface area contributed by atoms with Crippen molar-refractivity contribution in [1.29, 1.82) is 0 Å². The monoisotopic (exact) mass is 228 g/mol. The van der Waals surface area contributed by atoms with Gasteiger partial charge in [-0.25, -0.2) is 0 Å². The average molecular weight is 228 g/mol. The molecule has 3 heteroatoms. The van der Waals surface area contributed by atoms with Gasteiger partial charge in [-0.05, 0) is 24.8 Å². The molecule has 1 unspecified atom stereocenters. The normalized spacial score (nSPS) is 13.9. The summed E-state index contributed by atoms with van der Waals surface area (Å²) in [5, 5.41) is 6.12. The molecule has 0 saturated heterocycles. The Labute approximate surface area is 100 Å². The summed E-state index contributed by atoms with van der Waals surface area (Å²) < 4.78 is 0. The van der Waals surface area contributed by atoms with E-state index in [9.17, 15) is 4.79 Å². The third-order valence-corrected chi connectivity index (χ3v) is 3.60. The second kappa shape index (κ2) is 6.89. The lowest BCUT2D eigenvalue weighted by Crippen LogP contribution is -2.41. The lowest BCUT2D eigenvalue weighted by molar-refractivity contribution is -0.125. The molecular weight excluding hydrogens is 200 g/mol. The van der Waals surface area contributed by atoms with Gasteiger partial charge in [0, 0.05) is 13.1 Å². The van der Waals surface area contributed by atoms with Crippen molar-refractivity contribution in [2.45, 2.75) is 41.0 Å². The average Bonchev–Trinajstić information content (AvgIpc) is 2.22. The Balaban J connectivity index is 4.14. The van der Waals surface area contributed by atoms with Crippen LogP contribution >= 0.6 is 0 Å². The number of carbonyl (C=O) groups excluding carboxylic acids is 1. The number of amides is 1. The minimum atomic E-state index is 0.0907. The number of rotatable bonds is 7. The lowest BCUT2D eigenvalue weighted by atomic mass is 9.81. The summed E-state index contributed by atoms with van der Waals surface area (Å²) in [5.74, 6) is 0.829. The fourth-order valence-electron chi connectivity index (χ4n) is 1.33. The zero-order chi connectivity index (χ0) is 12.8. The predicted molar refractivity (Wildman–Crippen MR) is 69.3 cm³/mol. The van der Waals surface area contributed by atoms with E-state index in [0.717, 1.165) is 19.5 Å². The van der Waals surface area contributed by atoms with E-state index in [-0.39, 0.29) is 17.2 Å². The highest BCUT2D eigenvalue weighted by molar-refractivity contribution is 5.78. The van der Waals surface area contributed by atoms with Crippen molar-refractivity contribution >= 4 is 5.91 Å². The summed E-state index contributed by atoms with van der Waals surface area (Å²) in [6.45, 7) is 12.3. The smallest absolute Gasteiger partial charge is 0.224 e. The van der Waals surface area contributed by atoms with Gasteiger partial charge in [0.25, 0.3) is 0 Å². The first-order valence-electron chi connectivity index (χ1n) is 6.27. The van der Waals surface area contributed by atoms with Crippen LogP contribution in [-0.4, -0.2) is 26.0 Å². The molecule has 3 nitrogen and oxygen atoms in total. The molecule has 0 aromatic carbocycles. The van der Waals surface area contributed by atoms with Crippen LogP contribution in [-0.2, 0) is 4.79 Å². The standard InChI is InChI=1S/C13H28N2O/c1-7-11(8-14-6)12(16)15-9-13(4,5)10(2)3/h10-11,14H,7-9H2,1-6H3,(H,15,16). The maximum absolute atomic E-state index is 11.9. The Kier molecular flexibility index (Phi) is 6.65. The molecule has 0 aromatic heterocycles. The van der Waals surface area contributed by atoms with Crippen molar-refractivity contribution in [3.63, 3.8) is 0 Å². The summed E-state index contributed by atoms with van der Waals surface area (Å²) in [6.07, 6.45) is 0.884. The summed E-state index contributed by atoms with van der Waals surface area (Å²) in [5.41, 5.74) is 0.160. The maximum Gasteiger partial charge on any atom is 0.224 e. The molecule has 2 N–H and O–H groups in total. The Morgan fingerprint density at radius 3 is 2.25 bits per heavy atom. The van der Waals surface area contributed by atoms with E-state index >= 15 is 0 Å². The minimum absolute atomic E-state index is 0.0907. The second-order valence-electron chi connectivity index (χ2n) is 5.52. The van der Waals surface area contributed by atoms with Gasteiger partial charge < -0.3 is 10.6 Å². The summed E-state index contributed by atoms with van der Waals surface area (Å²) >= 11 is 0. The number of carbonyl (C=O) groups is 1. The van der Waals surface area contributed by atoms with E-state index in [4.69, 9.17) is 0 Å². The molecule has 1 atom stereocenters. The van der Waals surface area contributed by atoms with Crippen LogP contribution in [0.1, 0.15) is 41.0 Å². The van der Waals surface area contributed by atoms with Gasteiger partial charge in [-0.2, -0.15) is 0 Å². The molecule has 0 fully saturated rings. The zero-order valence-electron chi connectivity index (χ0n) is 11.7. The highest BCUT2D eigenvalue weighted by Gasteiger charge is 2.24. The SMILES string of the molecule is CCC(CNC)C(=O)NCC(C)(C)C(C)C. The first-order valence-corrected chi connectivity index (χ1v) is 6.27. The van der Waals surface area contributed by atoms with E-state index in [0.29, 0.717) is 5.92 Å². The summed E-state index contributed by atoms with van der Waals surface area (Å²) in [4.78, 5) is 11.9. The van der Waals surface area contributed by atoms with Gasteiger partial charge in [-0.15, -0.1) is 0 Å². The van der Waals surface area contributed by atoms with E-state index in [1.54, 1.807) is 0 Å². The van der Waals surface area contributed by atoms with E-state index < -0.39 is 0 Å². The largest absolute Gasteiger partial charge is 0.355 e. The Bertz CT molecular complexity index is 212. The van der Waals surface area contributed by atoms with Gasteiger partial charge >= 0.3 is 0 Å². The fourth-order valence-corrected chi connectivity index (χ4v) is 1.33. The third kappa shape index (κ3) is 4.97. The molecular formula is C13H28N2O. The van der Waals surface area contributed by atoms with Crippen LogP contribution in [0.5, 0.6) is 0 Å². The van der Waals surface area contributed by atoms with Crippen molar-refractivity contribution in [2.24, 2.45) is 17.3 Å². The Morgan fingerprint density at radius 2 is 1.88 bits per heavy atom. The van der Waals surface area contributed by atoms with Gasteiger partial charge in [0.2, 0.25) is 5.91 Å². The lowest BCUT2D eigenvalue weighted by Gasteiger charge is -2.30. The van der Waals surface area contributed by atoms with Crippen molar-refractivity contribution in [1.82, 2.24) is 10.6 Å². The van der Waals surface area contributed by atoms with Crippen molar-refractivity contribution in [2.75, 3.05) is 20.1 Å². The molecule has 0 aliphatic rings. The predicted octanol–water partition coefficient (Wildman–Crippen LogP) is 2.03. The molecule has 0 spiro atoms. The number of hydrogen-bond acceptors (Lipinski definition) is 2. The van der Waals surface area contributed by atoms with Crippen molar-refractivity contribution < 1.29 is 4.79 Å². The highest BCUT2D eigenvalue weighted by Crippen LogP contribution is 2.24. The molecule has 0 bridgehead atoms.